The van der Waals surface area contributed by atoms with E-state index in [9.17, 15) is 4.79 Å². The molecule has 0 saturated heterocycles. The van der Waals surface area contributed by atoms with Gasteiger partial charge in [-0.25, -0.2) is 0 Å². The molecule has 0 unspecified atom stereocenters. The lowest BCUT2D eigenvalue weighted by atomic mass is 10.2. The van der Waals surface area contributed by atoms with Crippen molar-refractivity contribution in [2.75, 3.05) is 7.11 Å². The molecule has 0 aliphatic heterocycles. The Hall–Kier alpha value is -0.790. The SMILES string of the molecule is C/C=C(\C)CC(=O)OC. The van der Waals surface area contributed by atoms with Gasteiger partial charge in [-0.3, -0.25) is 4.79 Å². The lowest BCUT2D eigenvalue weighted by Crippen LogP contribution is -1.99. The van der Waals surface area contributed by atoms with Crippen LogP contribution >= 0.6 is 0 Å². The first-order valence-electron chi connectivity index (χ1n) is 2.89. The number of hydrogen-bond donors (Lipinski definition) is 0. The fraction of sp³-hybridized carbons (Fsp3) is 0.571. The lowest BCUT2D eigenvalue weighted by Gasteiger charge is -1.96. The Morgan fingerprint density at radius 1 is 1.67 bits per heavy atom. The summed E-state index contributed by atoms with van der Waals surface area (Å²) in [4.78, 5) is 10.5. The van der Waals surface area contributed by atoms with E-state index in [0.717, 1.165) is 5.57 Å². The zero-order chi connectivity index (χ0) is 7.28. The van der Waals surface area contributed by atoms with Crippen molar-refractivity contribution in [3.8, 4) is 0 Å². The number of hydrogen-bond acceptors (Lipinski definition) is 2. The molecule has 0 saturated carbocycles. The minimum Gasteiger partial charge on any atom is -0.469 e. The van der Waals surface area contributed by atoms with E-state index in [2.05, 4.69) is 4.74 Å². The van der Waals surface area contributed by atoms with E-state index < -0.39 is 0 Å². The Labute approximate surface area is 55.5 Å². The quantitative estimate of drug-likeness (QED) is 0.416. The van der Waals surface area contributed by atoms with Gasteiger partial charge < -0.3 is 4.74 Å². The Morgan fingerprint density at radius 2 is 2.22 bits per heavy atom. The lowest BCUT2D eigenvalue weighted by molar-refractivity contribution is -0.139. The molecular weight excluding hydrogens is 116 g/mol. The number of methoxy groups -OCH3 is 1. The summed E-state index contributed by atoms with van der Waals surface area (Å²) in [6, 6.07) is 0. The van der Waals surface area contributed by atoms with Crippen molar-refractivity contribution in [3.63, 3.8) is 0 Å². The Bertz CT molecular complexity index is 125. The fourth-order valence-electron chi connectivity index (χ4n) is 0.402. The summed E-state index contributed by atoms with van der Waals surface area (Å²) in [6.07, 6.45) is 2.31. The maximum atomic E-state index is 10.5. The Morgan fingerprint density at radius 3 is 2.56 bits per heavy atom. The molecule has 52 valence electrons. The number of rotatable bonds is 2. The smallest absolute Gasteiger partial charge is 0.309 e. The predicted octanol–water partition coefficient (Wildman–Crippen LogP) is 1.52. The molecule has 9 heavy (non-hydrogen) atoms. The van der Waals surface area contributed by atoms with Crippen LogP contribution in [0.1, 0.15) is 20.3 Å². The topological polar surface area (TPSA) is 26.3 Å². The number of carbonyl (C=O) groups is 1. The van der Waals surface area contributed by atoms with Crippen LogP contribution in [0.3, 0.4) is 0 Å². The van der Waals surface area contributed by atoms with E-state index in [1.54, 1.807) is 0 Å². The molecule has 0 N–H and O–H groups in total. The number of allylic oxidation sites excluding steroid dienone is 1. The predicted molar refractivity (Wildman–Crippen MR) is 36.1 cm³/mol. The number of esters is 1. The molecule has 0 aliphatic rings. The number of ether oxygens (including phenoxy) is 1. The average Bonchev–Trinajstić information content (AvgIpc) is 1.87. The van der Waals surface area contributed by atoms with Crippen LogP contribution in [0.15, 0.2) is 11.6 Å². The van der Waals surface area contributed by atoms with Crippen molar-refractivity contribution in [2.24, 2.45) is 0 Å². The summed E-state index contributed by atoms with van der Waals surface area (Å²) < 4.78 is 4.44. The normalized spacial score (nSPS) is 11.2. The fourth-order valence-corrected chi connectivity index (χ4v) is 0.402. The van der Waals surface area contributed by atoms with Gasteiger partial charge in [0.1, 0.15) is 0 Å². The second kappa shape index (κ2) is 4.13. The van der Waals surface area contributed by atoms with Gasteiger partial charge in [0.2, 0.25) is 0 Å². The molecule has 2 heteroatoms. The van der Waals surface area contributed by atoms with Crippen molar-refractivity contribution >= 4 is 5.97 Å². The molecule has 0 fully saturated rings. The van der Waals surface area contributed by atoms with E-state index in [1.807, 2.05) is 19.9 Å². The van der Waals surface area contributed by atoms with Crippen LogP contribution in [0.4, 0.5) is 0 Å². The van der Waals surface area contributed by atoms with Gasteiger partial charge in [-0.1, -0.05) is 11.6 Å². The maximum Gasteiger partial charge on any atom is 0.309 e. The summed E-state index contributed by atoms with van der Waals surface area (Å²) in [5.74, 6) is -0.175. The van der Waals surface area contributed by atoms with E-state index in [1.165, 1.54) is 7.11 Å². The van der Waals surface area contributed by atoms with Gasteiger partial charge in [0.05, 0.1) is 13.5 Å². The van der Waals surface area contributed by atoms with Crippen LogP contribution in [-0.4, -0.2) is 13.1 Å². The van der Waals surface area contributed by atoms with E-state index in [-0.39, 0.29) is 5.97 Å². The molecule has 0 atom stereocenters. The molecule has 2 nitrogen and oxygen atoms in total. The third-order valence-corrected chi connectivity index (χ3v) is 1.14. The molecule has 0 aliphatic carbocycles. The highest BCUT2D eigenvalue weighted by atomic mass is 16.5. The molecule has 0 bridgehead atoms. The van der Waals surface area contributed by atoms with Crippen LogP contribution in [-0.2, 0) is 9.53 Å². The van der Waals surface area contributed by atoms with E-state index in [0.29, 0.717) is 6.42 Å². The van der Waals surface area contributed by atoms with Crippen LogP contribution in [0.2, 0.25) is 0 Å². The van der Waals surface area contributed by atoms with Gasteiger partial charge in [0.25, 0.3) is 0 Å². The van der Waals surface area contributed by atoms with Gasteiger partial charge in [-0.15, -0.1) is 0 Å². The molecule has 0 spiro atoms. The zero-order valence-electron chi connectivity index (χ0n) is 6.10. The highest BCUT2D eigenvalue weighted by Gasteiger charge is 1.98. The molecule has 0 aromatic rings. The average molecular weight is 128 g/mol. The monoisotopic (exact) mass is 128 g/mol. The van der Waals surface area contributed by atoms with Crippen LogP contribution in [0.5, 0.6) is 0 Å². The van der Waals surface area contributed by atoms with Crippen molar-refractivity contribution in [1.29, 1.82) is 0 Å². The molecule has 0 rings (SSSR count). The van der Waals surface area contributed by atoms with Crippen LogP contribution in [0, 0.1) is 0 Å². The second-order valence-electron chi connectivity index (χ2n) is 1.89. The molecule has 0 radical (unpaired) electrons. The summed E-state index contributed by atoms with van der Waals surface area (Å²) in [7, 11) is 1.39. The number of carbonyl (C=O) groups excluding carboxylic acids is 1. The highest BCUT2D eigenvalue weighted by Crippen LogP contribution is 1.99. The largest absolute Gasteiger partial charge is 0.469 e. The van der Waals surface area contributed by atoms with Crippen molar-refractivity contribution in [3.05, 3.63) is 11.6 Å². The molecule has 0 amide bonds. The van der Waals surface area contributed by atoms with E-state index in [4.69, 9.17) is 0 Å². The van der Waals surface area contributed by atoms with Crippen LogP contribution in [0.25, 0.3) is 0 Å². The summed E-state index contributed by atoms with van der Waals surface area (Å²) in [5.41, 5.74) is 1.04. The first kappa shape index (κ1) is 8.21. The first-order valence-corrected chi connectivity index (χ1v) is 2.89. The van der Waals surface area contributed by atoms with Gasteiger partial charge in [-0.05, 0) is 13.8 Å². The molecule has 0 aromatic heterocycles. The minimum atomic E-state index is -0.175. The summed E-state index contributed by atoms with van der Waals surface area (Å²) >= 11 is 0. The van der Waals surface area contributed by atoms with Gasteiger partial charge in [0, 0.05) is 0 Å². The minimum absolute atomic E-state index is 0.175. The zero-order valence-corrected chi connectivity index (χ0v) is 6.10. The third-order valence-electron chi connectivity index (χ3n) is 1.14. The van der Waals surface area contributed by atoms with Gasteiger partial charge in [0.15, 0.2) is 0 Å². The first-order chi connectivity index (χ1) is 4.20. The Kier molecular flexibility index (Phi) is 3.76. The standard InChI is InChI=1S/C7H12O2/c1-4-6(2)5-7(8)9-3/h4H,5H2,1-3H3/b6-4+. The Balaban J connectivity index is 3.60. The van der Waals surface area contributed by atoms with Crippen molar-refractivity contribution in [1.82, 2.24) is 0 Å². The van der Waals surface area contributed by atoms with E-state index >= 15 is 0 Å². The summed E-state index contributed by atoms with van der Waals surface area (Å²) in [6.45, 7) is 3.80. The van der Waals surface area contributed by atoms with Crippen molar-refractivity contribution < 1.29 is 9.53 Å². The molecule has 0 heterocycles. The van der Waals surface area contributed by atoms with Gasteiger partial charge >= 0.3 is 5.97 Å². The summed E-state index contributed by atoms with van der Waals surface area (Å²) in [5, 5.41) is 0. The molecule has 0 aromatic carbocycles. The second-order valence-corrected chi connectivity index (χ2v) is 1.89. The van der Waals surface area contributed by atoms with Crippen molar-refractivity contribution in [2.45, 2.75) is 20.3 Å². The third kappa shape index (κ3) is 3.76. The van der Waals surface area contributed by atoms with Crippen LogP contribution < -0.4 is 0 Å². The highest BCUT2D eigenvalue weighted by molar-refractivity contribution is 5.71. The molecular formula is C7H12O2. The maximum absolute atomic E-state index is 10.5. The van der Waals surface area contributed by atoms with Gasteiger partial charge in [-0.2, -0.15) is 0 Å².